The lowest BCUT2D eigenvalue weighted by molar-refractivity contribution is -0.242. The zero-order valence-electron chi connectivity index (χ0n) is 15.3. The molecule has 0 radical (unpaired) electrons. The first kappa shape index (κ1) is 24.8. The van der Waals surface area contributed by atoms with Crippen LogP contribution >= 0.6 is 0 Å². The van der Waals surface area contributed by atoms with E-state index < -0.39 is 27.6 Å². The molecule has 4 N–H and O–H groups in total. The molecular weight excluding hydrogens is 348 g/mol. The van der Waals surface area contributed by atoms with Crippen molar-refractivity contribution in [2.45, 2.75) is 101 Å². The topological polar surface area (TPSA) is 124 Å². The minimum Gasteiger partial charge on any atom is -0.390 e. The highest BCUT2D eigenvalue weighted by Gasteiger charge is 2.34. The van der Waals surface area contributed by atoms with E-state index in [0.717, 1.165) is 44.9 Å². The van der Waals surface area contributed by atoms with Gasteiger partial charge in [-0.15, -0.1) is 0 Å². The average molecular weight is 385 g/mol. The minimum absolute atomic E-state index is 0.150. The van der Waals surface area contributed by atoms with Crippen LogP contribution in [0.4, 0.5) is 0 Å². The Labute approximate surface area is 152 Å². The Bertz CT molecular complexity index is 400. The van der Waals surface area contributed by atoms with Crippen LogP contribution in [0.25, 0.3) is 0 Å². The van der Waals surface area contributed by atoms with Crippen molar-refractivity contribution in [1.29, 1.82) is 0 Å². The SMILES string of the molecule is CCCCCCCCC(C(O)C(O)CCCCCCOO)S(=O)(=O)O. The summed E-state index contributed by atoms with van der Waals surface area (Å²) in [6.45, 7) is 2.38. The van der Waals surface area contributed by atoms with E-state index in [-0.39, 0.29) is 19.4 Å². The number of aliphatic hydroxyl groups is 2. The zero-order chi connectivity index (χ0) is 19.1. The van der Waals surface area contributed by atoms with Gasteiger partial charge in [0.05, 0.1) is 18.8 Å². The molecule has 3 unspecified atom stereocenters. The van der Waals surface area contributed by atoms with E-state index in [1.165, 1.54) is 0 Å². The van der Waals surface area contributed by atoms with E-state index in [4.69, 9.17) is 5.26 Å². The molecule has 152 valence electrons. The van der Waals surface area contributed by atoms with Crippen molar-refractivity contribution in [1.82, 2.24) is 0 Å². The summed E-state index contributed by atoms with van der Waals surface area (Å²) in [5.41, 5.74) is 0. The smallest absolute Gasteiger partial charge is 0.270 e. The van der Waals surface area contributed by atoms with Gasteiger partial charge < -0.3 is 10.2 Å². The molecule has 0 amide bonds. The first-order chi connectivity index (χ1) is 11.8. The summed E-state index contributed by atoms with van der Waals surface area (Å²) in [6, 6.07) is 0. The Balaban J connectivity index is 4.22. The van der Waals surface area contributed by atoms with Crippen LogP contribution in [0.5, 0.6) is 0 Å². The maximum atomic E-state index is 11.5. The Hall–Kier alpha value is -0.250. The van der Waals surface area contributed by atoms with E-state index in [2.05, 4.69) is 11.8 Å². The van der Waals surface area contributed by atoms with Gasteiger partial charge >= 0.3 is 0 Å². The zero-order valence-corrected chi connectivity index (χ0v) is 16.2. The molecule has 7 nitrogen and oxygen atoms in total. The van der Waals surface area contributed by atoms with Crippen molar-refractivity contribution in [3.05, 3.63) is 0 Å². The van der Waals surface area contributed by atoms with Crippen LogP contribution in [-0.2, 0) is 15.0 Å². The molecule has 0 spiro atoms. The number of unbranched alkanes of at least 4 members (excludes halogenated alkanes) is 8. The monoisotopic (exact) mass is 384 g/mol. The van der Waals surface area contributed by atoms with Crippen molar-refractivity contribution in [3.8, 4) is 0 Å². The van der Waals surface area contributed by atoms with Crippen molar-refractivity contribution in [3.63, 3.8) is 0 Å². The molecule has 0 saturated heterocycles. The van der Waals surface area contributed by atoms with E-state index >= 15 is 0 Å². The van der Waals surface area contributed by atoms with Crippen molar-refractivity contribution < 1.29 is 33.3 Å². The summed E-state index contributed by atoms with van der Waals surface area (Å²) in [5, 5.41) is 27.1. The third kappa shape index (κ3) is 12.7. The van der Waals surface area contributed by atoms with Crippen LogP contribution in [0, 0.1) is 0 Å². The Morgan fingerprint density at radius 2 is 1.36 bits per heavy atom. The predicted molar refractivity (Wildman–Crippen MR) is 97.0 cm³/mol. The van der Waals surface area contributed by atoms with Gasteiger partial charge in [0.15, 0.2) is 0 Å². The van der Waals surface area contributed by atoms with E-state index in [1.807, 2.05) is 0 Å². The van der Waals surface area contributed by atoms with Gasteiger partial charge in [-0.2, -0.15) is 8.42 Å². The third-order valence-corrected chi connectivity index (χ3v) is 5.77. The van der Waals surface area contributed by atoms with Crippen LogP contribution in [-0.4, -0.2) is 52.5 Å². The minimum atomic E-state index is -4.40. The highest BCUT2D eigenvalue weighted by Crippen LogP contribution is 2.20. The Kier molecular flexibility index (Phi) is 14.7. The quantitative estimate of drug-likeness (QED) is 0.131. The Morgan fingerprint density at radius 3 is 1.92 bits per heavy atom. The van der Waals surface area contributed by atoms with Crippen molar-refractivity contribution in [2.75, 3.05) is 6.61 Å². The molecule has 25 heavy (non-hydrogen) atoms. The van der Waals surface area contributed by atoms with Gasteiger partial charge in [0.25, 0.3) is 10.1 Å². The number of hydrogen-bond donors (Lipinski definition) is 4. The maximum absolute atomic E-state index is 11.5. The Morgan fingerprint density at radius 1 is 0.840 bits per heavy atom. The fraction of sp³-hybridized carbons (Fsp3) is 1.00. The van der Waals surface area contributed by atoms with Gasteiger partial charge in [0, 0.05) is 0 Å². The van der Waals surface area contributed by atoms with Crippen LogP contribution in [0.2, 0.25) is 0 Å². The van der Waals surface area contributed by atoms with Crippen LogP contribution in [0.3, 0.4) is 0 Å². The standard InChI is InChI=1S/C17H36O7S/c1-2-3-4-5-6-10-13-16(25(21,22)23)17(19)15(18)12-9-7-8-11-14-24-20/h15-20H,2-14H2,1H3,(H,21,22,23). The van der Waals surface area contributed by atoms with Crippen molar-refractivity contribution in [2.24, 2.45) is 0 Å². The first-order valence-corrected chi connectivity index (χ1v) is 10.9. The molecule has 0 aliphatic heterocycles. The number of hydrogen-bond acceptors (Lipinski definition) is 6. The molecule has 0 aliphatic carbocycles. The molecular formula is C17H36O7S. The molecule has 8 heteroatoms. The summed E-state index contributed by atoms with van der Waals surface area (Å²) in [6.07, 6.45) is 6.49. The van der Waals surface area contributed by atoms with E-state index in [9.17, 15) is 23.2 Å². The molecule has 0 saturated carbocycles. The molecule has 0 aliphatic rings. The number of aliphatic hydroxyl groups excluding tert-OH is 2. The molecule has 0 heterocycles. The second kappa shape index (κ2) is 14.9. The largest absolute Gasteiger partial charge is 0.390 e. The molecule has 0 aromatic rings. The second-order valence-electron chi connectivity index (χ2n) is 6.70. The predicted octanol–water partition coefficient (Wildman–Crippen LogP) is 3.16. The molecule has 0 aromatic heterocycles. The van der Waals surface area contributed by atoms with Gasteiger partial charge in [-0.25, -0.2) is 4.89 Å². The summed E-state index contributed by atoms with van der Waals surface area (Å²) in [5.74, 6) is 0. The lowest BCUT2D eigenvalue weighted by Gasteiger charge is -2.24. The van der Waals surface area contributed by atoms with Gasteiger partial charge in [-0.05, 0) is 19.3 Å². The van der Waals surface area contributed by atoms with Crippen molar-refractivity contribution >= 4 is 10.1 Å². The summed E-state index contributed by atoms with van der Waals surface area (Å²) < 4.78 is 32.4. The normalized spacial score (nSPS) is 15.9. The average Bonchev–Trinajstić information content (AvgIpc) is 2.55. The summed E-state index contributed by atoms with van der Waals surface area (Å²) >= 11 is 0. The van der Waals surface area contributed by atoms with E-state index in [1.54, 1.807) is 0 Å². The highest BCUT2D eigenvalue weighted by atomic mass is 32.2. The summed E-state index contributed by atoms with van der Waals surface area (Å²) in [4.78, 5) is 3.96. The molecule has 0 aromatic carbocycles. The molecule has 0 fully saturated rings. The van der Waals surface area contributed by atoms with Crippen LogP contribution in [0.1, 0.15) is 84.0 Å². The molecule has 0 rings (SSSR count). The fourth-order valence-corrected chi connectivity index (χ4v) is 3.91. The lowest BCUT2D eigenvalue weighted by atomic mass is 9.99. The van der Waals surface area contributed by atoms with Gasteiger partial charge in [0.2, 0.25) is 0 Å². The molecule has 0 bridgehead atoms. The molecule has 3 atom stereocenters. The number of rotatable bonds is 17. The van der Waals surface area contributed by atoms with Gasteiger partial charge in [0.1, 0.15) is 5.25 Å². The third-order valence-electron chi connectivity index (χ3n) is 4.49. The van der Waals surface area contributed by atoms with Crippen LogP contribution in [0.15, 0.2) is 0 Å². The fourth-order valence-electron chi connectivity index (χ4n) is 2.91. The first-order valence-electron chi connectivity index (χ1n) is 9.43. The van der Waals surface area contributed by atoms with E-state index in [0.29, 0.717) is 19.3 Å². The maximum Gasteiger partial charge on any atom is 0.270 e. The summed E-state index contributed by atoms with van der Waals surface area (Å²) in [7, 11) is -4.40. The van der Waals surface area contributed by atoms with Crippen LogP contribution < -0.4 is 0 Å². The highest BCUT2D eigenvalue weighted by molar-refractivity contribution is 7.86. The second-order valence-corrected chi connectivity index (χ2v) is 8.34. The van der Waals surface area contributed by atoms with Gasteiger partial charge in [-0.3, -0.25) is 9.81 Å². The lowest BCUT2D eigenvalue weighted by Crippen LogP contribution is -2.42. The van der Waals surface area contributed by atoms with Gasteiger partial charge in [-0.1, -0.05) is 64.7 Å².